The molecule has 0 radical (unpaired) electrons. The predicted molar refractivity (Wildman–Crippen MR) is 68.7 cm³/mol. The summed E-state index contributed by atoms with van der Waals surface area (Å²) in [5.74, 6) is 0. The van der Waals surface area contributed by atoms with Crippen LogP contribution in [0.4, 0.5) is 11.4 Å². The van der Waals surface area contributed by atoms with Gasteiger partial charge in [0.15, 0.2) is 0 Å². The van der Waals surface area contributed by atoms with Gasteiger partial charge in [0.1, 0.15) is 0 Å². The molecule has 2 aromatic heterocycles. The number of H-pyrrole nitrogens is 1. The van der Waals surface area contributed by atoms with Crippen molar-refractivity contribution >= 4 is 11.4 Å². The van der Waals surface area contributed by atoms with E-state index in [0.717, 1.165) is 29.1 Å². The van der Waals surface area contributed by atoms with Gasteiger partial charge in [0, 0.05) is 17.5 Å². The van der Waals surface area contributed by atoms with Crippen molar-refractivity contribution in [1.82, 2.24) is 9.97 Å². The molecule has 0 amide bonds. The molecule has 0 aliphatic rings. The zero-order valence-electron chi connectivity index (χ0n) is 9.95. The summed E-state index contributed by atoms with van der Waals surface area (Å²) in [5, 5.41) is 3.24. The molecule has 0 fully saturated rings. The van der Waals surface area contributed by atoms with E-state index in [4.69, 9.17) is 0 Å². The van der Waals surface area contributed by atoms with E-state index >= 15 is 0 Å². The fourth-order valence-electron chi connectivity index (χ4n) is 1.65. The van der Waals surface area contributed by atoms with Gasteiger partial charge in [-0.05, 0) is 31.5 Å². The van der Waals surface area contributed by atoms with Crippen LogP contribution in [0.2, 0.25) is 0 Å². The molecule has 88 valence electrons. The minimum Gasteiger partial charge on any atom is -0.353 e. The molecule has 0 saturated carbocycles. The molecule has 0 aliphatic heterocycles. The number of hydrogen-bond donors (Lipinski definition) is 2. The van der Waals surface area contributed by atoms with Crippen molar-refractivity contribution in [3.8, 4) is 0 Å². The Morgan fingerprint density at radius 3 is 2.94 bits per heavy atom. The van der Waals surface area contributed by atoms with Crippen LogP contribution in [-0.2, 0) is 6.42 Å². The third-order valence-electron chi connectivity index (χ3n) is 2.64. The zero-order chi connectivity index (χ0) is 12.3. The highest BCUT2D eigenvalue weighted by Crippen LogP contribution is 2.17. The highest BCUT2D eigenvalue weighted by Gasteiger charge is 2.04. The Labute approximate surface area is 99.7 Å². The number of aryl methyl sites for hydroxylation is 2. The lowest BCUT2D eigenvalue weighted by Crippen LogP contribution is -2.14. The van der Waals surface area contributed by atoms with Gasteiger partial charge in [-0.1, -0.05) is 6.92 Å². The van der Waals surface area contributed by atoms with Gasteiger partial charge in [0.2, 0.25) is 0 Å². The van der Waals surface area contributed by atoms with Crippen molar-refractivity contribution in [3.05, 3.63) is 52.2 Å². The molecule has 2 rings (SSSR count). The van der Waals surface area contributed by atoms with Crippen molar-refractivity contribution in [3.63, 3.8) is 0 Å². The molecule has 2 heterocycles. The van der Waals surface area contributed by atoms with E-state index in [1.54, 1.807) is 12.4 Å². The number of nitrogens with zero attached hydrogens (tertiary/aromatic N) is 1. The molecule has 0 saturated heterocycles. The van der Waals surface area contributed by atoms with Crippen LogP contribution in [0, 0.1) is 6.92 Å². The lowest BCUT2D eigenvalue weighted by molar-refractivity contribution is 1.03. The van der Waals surface area contributed by atoms with Gasteiger partial charge in [-0.3, -0.25) is 9.78 Å². The third kappa shape index (κ3) is 2.53. The van der Waals surface area contributed by atoms with Gasteiger partial charge >= 0.3 is 0 Å². The van der Waals surface area contributed by atoms with Crippen LogP contribution in [0.5, 0.6) is 0 Å². The van der Waals surface area contributed by atoms with Crippen LogP contribution in [0.25, 0.3) is 0 Å². The first-order valence-corrected chi connectivity index (χ1v) is 5.60. The van der Waals surface area contributed by atoms with Crippen molar-refractivity contribution < 1.29 is 0 Å². The van der Waals surface area contributed by atoms with E-state index < -0.39 is 0 Å². The fourth-order valence-corrected chi connectivity index (χ4v) is 1.65. The molecular formula is C13H15N3O. The summed E-state index contributed by atoms with van der Waals surface area (Å²) in [5.41, 5.74) is 3.42. The monoisotopic (exact) mass is 229 g/mol. The summed E-state index contributed by atoms with van der Waals surface area (Å²) < 4.78 is 0. The first-order valence-electron chi connectivity index (χ1n) is 5.60. The van der Waals surface area contributed by atoms with Gasteiger partial charge in [-0.25, -0.2) is 0 Å². The fraction of sp³-hybridized carbons (Fsp3) is 0.231. The Kier molecular flexibility index (Phi) is 3.23. The van der Waals surface area contributed by atoms with Crippen LogP contribution < -0.4 is 10.9 Å². The average molecular weight is 229 g/mol. The molecule has 4 nitrogen and oxygen atoms in total. The van der Waals surface area contributed by atoms with Crippen molar-refractivity contribution in [2.75, 3.05) is 5.32 Å². The lowest BCUT2D eigenvalue weighted by Gasteiger charge is -2.10. The summed E-state index contributed by atoms with van der Waals surface area (Å²) in [6.45, 7) is 3.84. The second-order valence-electron chi connectivity index (χ2n) is 3.88. The molecule has 0 aromatic carbocycles. The molecule has 0 atom stereocenters. The van der Waals surface area contributed by atoms with E-state index in [1.807, 2.05) is 32.0 Å². The van der Waals surface area contributed by atoms with E-state index in [2.05, 4.69) is 15.3 Å². The van der Waals surface area contributed by atoms with Gasteiger partial charge < -0.3 is 10.3 Å². The maximum Gasteiger partial charge on any atom is 0.251 e. The number of pyridine rings is 2. The second kappa shape index (κ2) is 4.82. The maximum absolute atomic E-state index is 11.6. The van der Waals surface area contributed by atoms with Gasteiger partial charge in [-0.15, -0.1) is 0 Å². The van der Waals surface area contributed by atoms with Gasteiger partial charge in [0.05, 0.1) is 17.6 Å². The Balaban J connectivity index is 2.36. The summed E-state index contributed by atoms with van der Waals surface area (Å²) in [7, 11) is 0. The first kappa shape index (κ1) is 11.4. The molecule has 0 unspecified atom stereocenters. The minimum atomic E-state index is -0.0123. The maximum atomic E-state index is 11.6. The Hall–Kier alpha value is -2.10. The van der Waals surface area contributed by atoms with Crippen LogP contribution >= 0.6 is 0 Å². The quantitative estimate of drug-likeness (QED) is 0.849. The summed E-state index contributed by atoms with van der Waals surface area (Å²) in [6, 6.07) is 5.69. The van der Waals surface area contributed by atoms with Gasteiger partial charge in [-0.2, -0.15) is 0 Å². The second-order valence-corrected chi connectivity index (χ2v) is 3.88. The van der Waals surface area contributed by atoms with Crippen LogP contribution in [-0.4, -0.2) is 9.97 Å². The molecule has 0 spiro atoms. The third-order valence-corrected chi connectivity index (χ3v) is 2.64. The van der Waals surface area contributed by atoms with Crippen molar-refractivity contribution in [2.45, 2.75) is 20.3 Å². The highest BCUT2D eigenvalue weighted by molar-refractivity contribution is 5.61. The Morgan fingerprint density at radius 1 is 1.47 bits per heavy atom. The smallest absolute Gasteiger partial charge is 0.251 e. The standard InChI is InChI=1S/C13H15N3O/c1-3-10-7-12(9(2)15-13(10)17)16-11-5-4-6-14-8-11/h4-8,16H,3H2,1-2H3,(H,15,17). The Bertz CT molecular complexity index is 561. The predicted octanol–water partition coefficient (Wildman–Crippen LogP) is 2.38. The number of hydrogen-bond acceptors (Lipinski definition) is 3. The van der Waals surface area contributed by atoms with E-state index in [1.165, 1.54) is 0 Å². The van der Waals surface area contributed by atoms with Crippen molar-refractivity contribution in [2.24, 2.45) is 0 Å². The summed E-state index contributed by atoms with van der Waals surface area (Å²) in [4.78, 5) is 18.5. The SMILES string of the molecule is CCc1cc(Nc2cccnc2)c(C)[nH]c1=O. The molecular weight excluding hydrogens is 214 g/mol. The van der Waals surface area contributed by atoms with Crippen LogP contribution in [0.3, 0.4) is 0 Å². The van der Waals surface area contributed by atoms with Crippen LogP contribution in [0.1, 0.15) is 18.2 Å². The first-order chi connectivity index (χ1) is 8.20. The highest BCUT2D eigenvalue weighted by atomic mass is 16.1. The number of aromatic nitrogens is 2. The molecule has 17 heavy (non-hydrogen) atoms. The van der Waals surface area contributed by atoms with Gasteiger partial charge in [0.25, 0.3) is 5.56 Å². The van der Waals surface area contributed by atoms with E-state index in [-0.39, 0.29) is 5.56 Å². The summed E-state index contributed by atoms with van der Waals surface area (Å²) in [6.07, 6.45) is 4.19. The molecule has 2 aromatic rings. The number of aromatic amines is 1. The zero-order valence-corrected chi connectivity index (χ0v) is 9.95. The Morgan fingerprint density at radius 2 is 2.29 bits per heavy atom. The average Bonchev–Trinajstić information content (AvgIpc) is 2.34. The molecule has 4 heteroatoms. The van der Waals surface area contributed by atoms with Crippen LogP contribution in [0.15, 0.2) is 35.4 Å². The van der Waals surface area contributed by atoms with E-state index in [9.17, 15) is 4.79 Å². The number of nitrogens with one attached hydrogen (secondary N) is 2. The lowest BCUT2D eigenvalue weighted by atomic mass is 10.2. The largest absolute Gasteiger partial charge is 0.353 e. The normalized spacial score (nSPS) is 10.2. The number of rotatable bonds is 3. The molecule has 2 N–H and O–H groups in total. The summed E-state index contributed by atoms with van der Waals surface area (Å²) >= 11 is 0. The molecule has 0 bridgehead atoms. The topological polar surface area (TPSA) is 57.8 Å². The minimum absolute atomic E-state index is 0.0123. The van der Waals surface area contributed by atoms with E-state index in [0.29, 0.717) is 0 Å². The molecule has 0 aliphatic carbocycles. The van der Waals surface area contributed by atoms with Crippen molar-refractivity contribution in [1.29, 1.82) is 0 Å². The number of anilines is 2.